The Bertz CT molecular complexity index is 249. The van der Waals surface area contributed by atoms with E-state index in [2.05, 4.69) is 0 Å². The van der Waals surface area contributed by atoms with Gasteiger partial charge in [0.25, 0.3) is 0 Å². The summed E-state index contributed by atoms with van der Waals surface area (Å²) in [5.41, 5.74) is 0.487. The topological polar surface area (TPSA) is 50.1 Å². The van der Waals surface area contributed by atoms with Gasteiger partial charge in [-0.1, -0.05) is 20.8 Å². The number of nitrogens with zero attached hydrogens (tertiary/aromatic N) is 1. The van der Waals surface area contributed by atoms with Crippen LogP contribution in [0.4, 0.5) is 0 Å². The quantitative estimate of drug-likeness (QED) is 0.384. The van der Waals surface area contributed by atoms with Gasteiger partial charge in [0, 0.05) is 11.6 Å². The summed E-state index contributed by atoms with van der Waals surface area (Å²) < 4.78 is 4.84. The minimum atomic E-state index is -0.413. The summed E-state index contributed by atoms with van der Waals surface area (Å²) in [4.78, 5) is 11.1. The number of allylic oxidation sites excluding steroid dienone is 1. The minimum absolute atomic E-state index is 0.375. The van der Waals surface area contributed by atoms with E-state index >= 15 is 0 Å². The van der Waals surface area contributed by atoms with Crippen LogP contribution in [0.2, 0.25) is 0 Å². The van der Waals surface area contributed by atoms with Gasteiger partial charge >= 0.3 is 5.97 Å². The van der Waals surface area contributed by atoms with E-state index in [0.29, 0.717) is 24.5 Å². The number of hydrogen-bond acceptors (Lipinski definition) is 3. The van der Waals surface area contributed by atoms with Gasteiger partial charge in [-0.05, 0) is 18.8 Å². The Kier molecular flexibility index (Phi) is 6.47. The van der Waals surface area contributed by atoms with E-state index in [4.69, 9.17) is 10.00 Å². The summed E-state index contributed by atoms with van der Waals surface area (Å²) in [5.74, 6) is -0.0380. The van der Waals surface area contributed by atoms with Crippen molar-refractivity contribution in [2.75, 3.05) is 6.61 Å². The van der Waals surface area contributed by atoms with Crippen molar-refractivity contribution in [1.29, 1.82) is 5.26 Å². The number of hydrogen-bond donors (Lipinski definition) is 0. The van der Waals surface area contributed by atoms with Gasteiger partial charge in [0.15, 0.2) is 0 Å². The molecule has 0 fully saturated rings. The first kappa shape index (κ1) is 12.7. The van der Waals surface area contributed by atoms with Crippen LogP contribution in [0, 0.1) is 17.2 Å². The molecule has 0 heterocycles. The highest BCUT2D eigenvalue weighted by Crippen LogP contribution is 2.09. The summed E-state index contributed by atoms with van der Waals surface area (Å²) in [6, 6.07) is 2.00. The minimum Gasteiger partial charge on any atom is -0.463 e. The molecular weight excluding hydrogens is 178 g/mol. The van der Waals surface area contributed by atoms with E-state index in [1.807, 2.05) is 26.8 Å². The van der Waals surface area contributed by atoms with Crippen LogP contribution in [0.3, 0.4) is 0 Å². The second-order valence-electron chi connectivity index (χ2n) is 3.55. The molecule has 0 radical (unpaired) electrons. The third-order valence-electron chi connectivity index (χ3n) is 1.51. The van der Waals surface area contributed by atoms with Gasteiger partial charge in [-0.15, -0.1) is 0 Å². The number of carbonyl (C=O) groups is 1. The molecule has 78 valence electrons. The van der Waals surface area contributed by atoms with Gasteiger partial charge in [-0.2, -0.15) is 5.26 Å². The van der Waals surface area contributed by atoms with Crippen molar-refractivity contribution in [2.24, 2.45) is 5.92 Å². The van der Waals surface area contributed by atoms with E-state index < -0.39 is 5.97 Å². The van der Waals surface area contributed by atoms with E-state index in [1.54, 1.807) is 0 Å². The van der Waals surface area contributed by atoms with Gasteiger partial charge in [-0.25, -0.2) is 4.79 Å². The molecule has 0 N–H and O–H groups in total. The predicted octanol–water partition coefficient (Wildman–Crippen LogP) is 2.44. The third-order valence-corrected chi connectivity index (χ3v) is 1.51. The number of ether oxygens (including phenoxy) is 1. The van der Waals surface area contributed by atoms with Gasteiger partial charge in [-0.3, -0.25) is 0 Å². The normalized spacial score (nSPS) is 11.2. The lowest BCUT2D eigenvalue weighted by Crippen LogP contribution is -2.03. The number of nitriles is 1. The van der Waals surface area contributed by atoms with Gasteiger partial charge in [0.2, 0.25) is 0 Å². The number of esters is 1. The molecule has 0 aromatic rings. The fourth-order valence-electron chi connectivity index (χ4n) is 0.963. The fraction of sp³-hybridized carbons (Fsp3) is 0.636. The van der Waals surface area contributed by atoms with Crippen LogP contribution in [0.5, 0.6) is 0 Å². The molecule has 0 aliphatic rings. The molecule has 0 saturated heterocycles. The first-order chi connectivity index (χ1) is 6.60. The van der Waals surface area contributed by atoms with Crippen LogP contribution in [0.15, 0.2) is 11.6 Å². The Morgan fingerprint density at radius 3 is 2.64 bits per heavy atom. The lowest BCUT2D eigenvalue weighted by atomic mass is 10.0. The monoisotopic (exact) mass is 195 g/mol. The fourth-order valence-corrected chi connectivity index (χ4v) is 0.963. The summed E-state index contributed by atoms with van der Waals surface area (Å²) in [7, 11) is 0. The van der Waals surface area contributed by atoms with Crippen molar-refractivity contribution in [3.63, 3.8) is 0 Å². The maximum Gasteiger partial charge on any atom is 0.331 e. The van der Waals surface area contributed by atoms with Gasteiger partial charge in [0.1, 0.15) is 0 Å². The average Bonchev–Trinajstić information content (AvgIpc) is 2.12. The molecule has 3 heteroatoms. The smallest absolute Gasteiger partial charge is 0.331 e. The maximum absolute atomic E-state index is 11.1. The van der Waals surface area contributed by atoms with Crippen molar-refractivity contribution in [3.8, 4) is 6.07 Å². The predicted molar refractivity (Wildman–Crippen MR) is 54.4 cm³/mol. The molecule has 0 bridgehead atoms. The first-order valence-electron chi connectivity index (χ1n) is 4.87. The highest BCUT2D eigenvalue weighted by atomic mass is 16.5. The van der Waals surface area contributed by atoms with Crippen molar-refractivity contribution in [3.05, 3.63) is 11.6 Å². The lowest BCUT2D eigenvalue weighted by Gasteiger charge is -2.02. The van der Waals surface area contributed by atoms with Gasteiger partial charge < -0.3 is 4.74 Å². The molecule has 0 aliphatic carbocycles. The Labute approximate surface area is 85.4 Å². The Balaban J connectivity index is 4.16. The highest BCUT2D eigenvalue weighted by molar-refractivity contribution is 5.83. The molecule has 0 aliphatic heterocycles. The van der Waals surface area contributed by atoms with Crippen LogP contribution >= 0.6 is 0 Å². The van der Waals surface area contributed by atoms with E-state index in [9.17, 15) is 4.79 Å². The van der Waals surface area contributed by atoms with E-state index in [-0.39, 0.29) is 0 Å². The maximum atomic E-state index is 11.1. The SMILES string of the molecule is CCCOC(=O)/C=C(/C#N)CC(C)C. The van der Waals surface area contributed by atoms with Crippen LogP contribution in [-0.2, 0) is 9.53 Å². The molecule has 3 nitrogen and oxygen atoms in total. The molecule has 0 unspecified atom stereocenters. The second-order valence-corrected chi connectivity index (χ2v) is 3.55. The Morgan fingerprint density at radius 1 is 1.57 bits per heavy atom. The number of carbonyl (C=O) groups excluding carboxylic acids is 1. The molecule has 14 heavy (non-hydrogen) atoms. The second kappa shape index (κ2) is 7.14. The van der Waals surface area contributed by atoms with Crippen LogP contribution in [0.25, 0.3) is 0 Å². The first-order valence-corrected chi connectivity index (χ1v) is 4.87. The molecule has 0 atom stereocenters. The molecule has 0 amide bonds. The molecular formula is C11H17NO2. The van der Waals surface area contributed by atoms with Gasteiger partial charge in [0.05, 0.1) is 12.7 Å². The van der Waals surface area contributed by atoms with E-state index in [0.717, 1.165) is 6.42 Å². The Hall–Kier alpha value is -1.30. The van der Waals surface area contributed by atoms with Crippen molar-refractivity contribution in [2.45, 2.75) is 33.6 Å². The highest BCUT2D eigenvalue weighted by Gasteiger charge is 2.04. The summed E-state index contributed by atoms with van der Waals surface area (Å²) >= 11 is 0. The summed E-state index contributed by atoms with van der Waals surface area (Å²) in [6.07, 6.45) is 2.71. The molecule has 0 aromatic heterocycles. The lowest BCUT2D eigenvalue weighted by molar-refractivity contribution is -0.137. The van der Waals surface area contributed by atoms with Crippen molar-refractivity contribution in [1.82, 2.24) is 0 Å². The largest absolute Gasteiger partial charge is 0.463 e. The van der Waals surface area contributed by atoms with Crippen molar-refractivity contribution < 1.29 is 9.53 Å². The van der Waals surface area contributed by atoms with Crippen LogP contribution < -0.4 is 0 Å². The summed E-state index contributed by atoms with van der Waals surface area (Å²) in [5, 5.41) is 8.72. The number of rotatable bonds is 5. The van der Waals surface area contributed by atoms with Crippen molar-refractivity contribution >= 4 is 5.97 Å². The van der Waals surface area contributed by atoms with Crippen LogP contribution in [0.1, 0.15) is 33.6 Å². The molecule has 0 saturated carbocycles. The zero-order valence-corrected chi connectivity index (χ0v) is 9.04. The van der Waals surface area contributed by atoms with Crippen LogP contribution in [-0.4, -0.2) is 12.6 Å². The molecule has 0 rings (SSSR count). The molecule has 0 aromatic carbocycles. The standard InChI is InChI=1S/C11H17NO2/c1-4-5-14-11(13)7-10(8-12)6-9(2)3/h7,9H,4-6H2,1-3H3/b10-7+. The molecule has 0 spiro atoms. The van der Waals surface area contributed by atoms with E-state index in [1.165, 1.54) is 6.08 Å². The zero-order valence-electron chi connectivity index (χ0n) is 9.04. The Morgan fingerprint density at radius 2 is 2.21 bits per heavy atom. The summed E-state index contributed by atoms with van der Waals surface area (Å²) in [6.45, 7) is 6.34. The third kappa shape index (κ3) is 6.24. The average molecular weight is 195 g/mol. The zero-order chi connectivity index (χ0) is 11.0.